The number of nitrogens with zero attached hydrogens (tertiary/aromatic N) is 3. The highest BCUT2D eigenvalue weighted by atomic mass is 32.1. The van der Waals surface area contributed by atoms with Gasteiger partial charge in [-0.05, 0) is 72.9 Å². The average Bonchev–Trinajstić information content (AvgIpc) is 3.49. The molecule has 0 aliphatic carbocycles. The van der Waals surface area contributed by atoms with Gasteiger partial charge < -0.3 is 29.4 Å². The number of phenols is 1. The monoisotopic (exact) mass is 472 g/mol. The minimum atomic E-state index is -0.243. The molecule has 4 aromatic rings. The molecule has 2 atom stereocenters. The first-order chi connectivity index (χ1) is 16.6. The Balaban J connectivity index is 1.70. The van der Waals surface area contributed by atoms with Crippen LogP contribution in [0.5, 0.6) is 17.2 Å². The standard InChI is InChI=1S/C26H24N4O3S/c1-32-19-12-13-23(33-2)22(16-19)30-25(24(28-26(30)34)20-6-3-4-14-27-20)21-7-5-15-29(21)17-8-10-18(31)11-9-17/h3-16,24-25,31H,1-2H3,(H,28,34)/t24-,25-/m1/s1. The van der Waals surface area contributed by atoms with Crippen LogP contribution in [0.15, 0.2) is 85.2 Å². The van der Waals surface area contributed by atoms with E-state index in [2.05, 4.69) is 25.8 Å². The molecule has 0 bridgehead atoms. The van der Waals surface area contributed by atoms with Gasteiger partial charge in [0.05, 0.1) is 31.6 Å². The summed E-state index contributed by atoms with van der Waals surface area (Å²) < 4.78 is 13.3. The molecule has 2 aromatic carbocycles. The topological polar surface area (TPSA) is 71.8 Å². The Hall–Kier alpha value is -4.04. The van der Waals surface area contributed by atoms with Crippen LogP contribution in [0.4, 0.5) is 5.69 Å². The number of rotatable bonds is 6. The van der Waals surface area contributed by atoms with Crippen LogP contribution in [0.25, 0.3) is 5.69 Å². The summed E-state index contributed by atoms with van der Waals surface area (Å²) in [6.45, 7) is 0. The van der Waals surface area contributed by atoms with Crippen molar-refractivity contribution in [2.24, 2.45) is 0 Å². The molecule has 2 N–H and O–H groups in total. The van der Waals surface area contributed by atoms with Crippen LogP contribution in [0.3, 0.4) is 0 Å². The molecule has 1 aliphatic heterocycles. The maximum atomic E-state index is 9.78. The van der Waals surface area contributed by atoms with E-state index in [-0.39, 0.29) is 17.8 Å². The number of thiocarbonyl (C=S) groups is 1. The van der Waals surface area contributed by atoms with Crippen molar-refractivity contribution >= 4 is 23.0 Å². The van der Waals surface area contributed by atoms with Gasteiger partial charge in [-0.1, -0.05) is 6.07 Å². The highest BCUT2D eigenvalue weighted by molar-refractivity contribution is 7.80. The van der Waals surface area contributed by atoms with Gasteiger partial charge in [-0.15, -0.1) is 0 Å². The normalized spacial score (nSPS) is 17.5. The van der Waals surface area contributed by atoms with E-state index in [1.165, 1.54) is 0 Å². The van der Waals surface area contributed by atoms with Gasteiger partial charge in [0.2, 0.25) is 0 Å². The first-order valence-corrected chi connectivity index (χ1v) is 11.2. The summed E-state index contributed by atoms with van der Waals surface area (Å²) in [6, 6.07) is 22.3. The third-order valence-electron chi connectivity index (χ3n) is 5.95. The first-order valence-electron chi connectivity index (χ1n) is 10.8. The summed E-state index contributed by atoms with van der Waals surface area (Å²) in [5.41, 5.74) is 3.59. The third-order valence-corrected chi connectivity index (χ3v) is 6.27. The molecule has 8 heteroatoms. The Bertz CT molecular complexity index is 1310. The van der Waals surface area contributed by atoms with E-state index in [9.17, 15) is 5.11 Å². The van der Waals surface area contributed by atoms with Gasteiger partial charge in [0.25, 0.3) is 0 Å². The number of ether oxygens (including phenoxy) is 2. The van der Waals surface area contributed by atoms with Crippen molar-refractivity contribution in [3.63, 3.8) is 0 Å². The van der Waals surface area contributed by atoms with Crippen molar-refractivity contribution in [3.05, 3.63) is 96.6 Å². The highest BCUT2D eigenvalue weighted by Gasteiger charge is 2.43. The number of benzene rings is 2. The second kappa shape index (κ2) is 9.07. The van der Waals surface area contributed by atoms with Crippen LogP contribution in [-0.4, -0.2) is 34.0 Å². The van der Waals surface area contributed by atoms with Gasteiger partial charge >= 0.3 is 0 Å². The lowest BCUT2D eigenvalue weighted by molar-refractivity contribution is 0.402. The molecule has 1 fully saturated rings. The molecule has 1 aliphatic rings. The van der Waals surface area contributed by atoms with E-state index < -0.39 is 0 Å². The SMILES string of the molecule is COc1ccc(OC)c(N2C(=S)N[C@H](c3ccccn3)[C@H]2c2cccn2-c2ccc(O)cc2)c1. The van der Waals surface area contributed by atoms with Gasteiger partial charge in [-0.25, -0.2) is 0 Å². The predicted octanol–water partition coefficient (Wildman–Crippen LogP) is 4.77. The van der Waals surface area contributed by atoms with E-state index in [1.54, 1.807) is 32.5 Å². The van der Waals surface area contributed by atoms with E-state index in [0.29, 0.717) is 16.6 Å². The number of anilines is 1. The van der Waals surface area contributed by atoms with Crippen molar-refractivity contribution in [2.75, 3.05) is 19.1 Å². The van der Waals surface area contributed by atoms with Crippen molar-refractivity contribution in [1.82, 2.24) is 14.9 Å². The molecule has 0 unspecified atom stereocenters. The van der Waals surface area contributed by atoms with Gasteiger partial charge in [0.15, 0.2) is 5.11 Å². The zero-order valence-corrected chi connectivity index (χ0v) is 19.6. The van der Waals surface area contributed by atoms with Gasteiger partial charge in [-0.2, -0.15) is 0 Å². The van der Waals surface area contributed by atoms with Crippen LogP contribution in [0, 0.1) is 0 Å². The van der Waals surface area contributed by atoms with E-state index in [1.807, 2.05) is 60.8 Å². The van der Waals surface area contributed by atoms with Crippen molar-refractivity contribution in [2.45, 2.75) is 12.1 Å². The number of nitrogens with one attached hydrogen (secondary N) is 1. The molecule has 7 nitrogen and oxygen atoms in total. The fraction of sp³-hybridized carbons (Fsp3) is 0.154. The minimum absolute atomic E-state index is 0.213. The van der Waals surface area contributed by atoms with Crippen molar-refractivity contribution < 1.29 is 14.6 Å². The number of aromatic hydroxyl groups is 1. The quantitative estimate of drug-likeness (QED) is 0.392. The maximum absolute atomic E-state index is 9.78. The number of methoxy groups -OCH3 is 2. The third kappa shape index (κ3) is 3.82. The van der Waals surface area contributed by atoms with Crippen LogP contribution < -0.4 is 19.7 Å². The number of phenolic OH excluding ortho intramolecular Hbond substituents is 1. The van der Waals surface area contributed by atoms with E-state index in [0.717, 1.165) is 22.8 Å². The molecule has 0 spiro atoms. The zero-order chi connectivity index (χ0) is 23.7. The molecule has 5 rings (SSSR count). The lowest BCUT2D eigenvalue weighted by Gasteiger charge is -2.30. The largest absolute Gasteiger partial charge is 0.508 e. The Labute approximate surface area is 203 Å². The van der Waals surface area contributed by atoms with E-state index in [4.69, 9.17) is 21.7 Å². The summed E-state index contributed by atoms with van der Waals surface area (Å²) in [4.78, 5) is 6.68. The van der Waals surface area contributed by atoms with Crippen LogP contribution in [0.1, 0.15) is 23.5 Å². The Morgan fingerprint density at radius 2 is 1.79 bits per heavy atom. The second-order valence-corrected chi connectivity index (χ2v) is 8.24. The Morgan fingerprint density at radius 3 is 2.50 bits per heavy atom. The molecule has 0 saturated carbocycles. The maximum Gasteiger partial charge on any atom is 0.174 e. The Morgan fingerprint density at radius 1 is 0.971 bits per heavy atom. The lowest BCUT2D eigenvalue weighted by atomic mass is 10.0. The van der Waals surface area contributed by atoms with Crippen LogP contribution in [-0.2, 0) is 0 Å². The molecular weight excluding hydrogens is 448 g/mol. The average molecular weight is 473 g/mol. The predicted molar refractivity (Wildman–Crippen MR) is 135 cm³/mol. The molecule has 34 heavy (non-hydrogen) atoms. The van der Waals surface area contributed by atoms with Crippen LogP contribution in [0.2, 0.25) is 0 Å². The minimum Gasteiger partial charge on any atom is -0.508 e. The summed E-state index contributed by atoms with van der Waals surface area (Å²) in [7, 11) is 3.28. The van der Waals surface area contributed by atoms with Gasteiger partial charge in [-0.3, -0.25) is 4.98 Å². The molecule has 1 saturated heterocycles. The number of aromatic nitrogens is 2. The summed E-state index contributed by atoms with van der Waals surface area (Å²) in [5.74, 6) is 1.60. The number of hydrogen-bond donors (Lipinski definition) is 2. The van der Waals surface area contributed by atoms with Crippen LogP contribution >= 0.6 is 12.2 Å². The summed E-state index contributed by atoms with van der Waals surface area (Å²) in [5, 5.41) is 13.8. The molecular formula is C26H24N4O3S. The molecule has 0 radical (unpaired) electrons. The molecule has 3 heterocycles. The summed E-state index contributed by atoms with van der Waals surface area (Å²) in [6.07, 6.45) is 3.78. The van der Waals surface area contributed by atoms with Gasteiger partial charge in [0.1, 0.15) is 23.3 Å². The molecule has 0 amide bonds. The lowest BCUT2D eigenvalue weighted by Crippen LogP contribution is -2.30. The van der Waals surface area contributed by atoms with Crippen molar-refractivity contribution in [3.8, 4) is 22.9 Å². The van der Waals surface area contributed by atoms with Gasteiger partial charge in [0, 0.05) is 29.8 Å². The summed E-state index contributed by atoms with van der Waals surface area (Å²) >= 11 is 5.86. The second-order valence-electron chi connectivity index (χ2n) is 7.85. The molecule has 2 aromatic heterocycles. The highest BCUT2D eigenvalue weighted by Crippen LogP contribution is 2.46. The Kier molecular flexibility index (Phi) is 5.81. The number of hydrogen-bond acceptors (Lipinski definition) is 5. The fourth-order valence-electron chi connectivity index (χ4n) is 4.38. The fourth-order valence-corrected chi connectivity index (χ4v) is 4.72. The molecule has 172 valence electrons. The van der Waals surface area contributed by atoms with Crippen molar-refractivity contribution in [1.29, 1.82) is 0 Å². The number of pyridine rings is 1. The zero-order valence-electron chi connectivity index (χ0n) is 18.8. The van der Waals surface area contributed by atoms with E-state index >= 15 is 0 Å². The first kappa shape index (κ1) is 21.8. The smallest absolute Gasteiger partial charge is 0.174 e.